The van der Waals surface area contributed by atoms with Crippen LogP contribution >= 0.6 is 0 Å². The lowest BCUT2D eigenvalue weighted by atomic mass is 10.1. The Hall–Kier alpha value is -2.11. The Kier molecular flexibility index (Phi) is 4.24. The maximum Gasteiger partial charge on any atom is 0.222 e. The third kappa shape index (κ3) is 3.16. The van der Waals surface area contributed by atoms with Gasteiger partial charge >= 0.3 is 0 Å². The van der Waals surface area contributed by atoms with Crippen LogP contribution in [-0.4, -0.2) is 43.2 Å². The predicted octanol–water partition coefficient (Wildman–Crippen LogP) is 1.72. The minimum atomic E-state index is 0.238. The van der Waals surface area contributed by atoms with E-state index in [0.29, 0.717) is 12.3 Å². The second kappa shape index (κ2) is 6.18. The number of carbonyl (C=O) groups is 1. The molecule has 1 aliphatic rings. The molecule has 2 aromatic heterocycles. The first-order valence-electron chi connectivity index (χ1n) is 8.21. The number of likely N-dealkylation sites (tertiary alicyclic amines) is 1. The van der Waals surface area contributed by atoms with E-state index in [1.807, 2.05) is 49.9 Å². The van der Waals surface area contributed by atoms with Gasteiger partial charge in [-0.2, -0.15) is 5.10 Å². The Balaban J connectivity index is 1.57. The predicted molar refractivity (Wildman–Crippen MR) is 88.1 cm³/mol. The minimum absolute atomic E-state index is 0.238. The highest BCUT2D eigenvalue weighted by atomic mass is 16.2. The summed E-state index contributed by atoms with van der Waals surface area (Å²) in [6.45, 7) is 5.68. The van der Waals surface area contributed by atoms with Gasteiger partial charge in [-0.1, -0.05) is 0 Å². The number of rotatable bonds is 4. The van der Waals surface area contributed by atoms with Crippen LogP contribution in [0.3, 0.4) is 0 Å². The van der Waals surface area contributed by atoms with Gasteiger partial charge < -0.3 is 9.47 Å². The van der Waals surface area contributed by atoms with E-state index in [-0.39, 0.29) is 5.91 Å². The van der Waals surface area contributed by atoms with Gasteiger partial charge in [-0.15, -0.1) is 0 Å². The molecule has 2 aromatic rings. The molecule has 0 saturated carbocycles. The number of carbonyl (C=O) groups excluding carboxylic acids is 1. The lowest BCUT2D eigenvalue weighted by Gasteiger charge is -2.16. The topological polar surface area (TPSA) is 56.0 Å². The zero-order chi connectivity index (χ0) is 16.6. The molecule has 0 N–H and O–H groups in total. The lowest BCUT2D eigenvalue weighted by Crippen LogP contribution is -2.28. The van der Waals surface area contributed by atoms with E-state index in [4.69, 9.17) is 0 Å². The third-order valence-electron chi connectivity index (χ3n) is 4.88. The van der Waals surface area contributed by atoms with Crippen LogP contribution in [0.4, 0.5) is 0 Å². The fourth-order valence-corrected chi connectivity index (χ4v) is 3.40. The fourth-order valence-electron chi connectivity index (χ4n) is 3.40. The maximum absolute atomic E-state index is 12.5. The smallest absolute Gasteiger partial charge is 0.222 e. The Morgan fingerprint density at radius 2 is 2.13 bits per heavy atom. The van der Waals surface area contributed by atoms with Crippen molar-refractivity contribution in [1.29, 1.82) is 0 Å². The first kappa shape index (κ1) is 15.8. The second-order valence-electron chi connectivity index (χ2n) is 6.56. The Morgan fingerprint density at radius 1 is 1.35 bits per heavy atom. The Morgan fingerprint density at radius 3 is 2.74 bits per heavy atom. The standard InChI is InChI=1S/C17H25N5O/c1-12-10-20(3)17(19-12)15-7-8-22(11-15)16(23)6-5-14-9-18-21(4)13(14)2/h9-10,15H,5-8,11H2,1-4H3/t15-/m0/s1. The number of hydrogen-bond donors (Lipinski definition) is 0. The number of imidazole rings is 1. The number of aromatic nitrogens is 4. The van der Waals surface area contributed by atoms with Crippen LogP contribution < -0.4 is 0 Å². The van der Waals surface area contributed by atoms with E-state index in [0.717, 1.165) is 48.7 Å². The molecular formula is C17H25N5O. The molecule has 1 fully saturated rings. The van der Waals surface area contributed by atoms with Crippen molar-refractivity contribution in [2.75, 3.05) is 13.1 Å². The summed E-state index contributed by atoms with van der Waals surface area (Å²) < 4.78 is 3.95. The molecule has 0 radical (unpaired) electrons. The summed E-state index contributed by atoms with van der Waals surface area (Å²) >= 11 is 0. The van der Waals surface area contributed by atoms with E-state index < -0.39 is 0 Å². The van der Waals surface area contributed by atoms with Gasteiger partial charge in [0.15, 0.2) is 0 Å². The Bertz CT molecular complexity index is 715. The average molecular weight is 315 g/mol. The number of amides is 1. The molecule has 124 valence electrons. The molecule has 6 nitrogen and oxygen atoms in total. The van der Waals surface area contributed by atoms with Crippen LogP contribution in [0.15, 0.2) is 12.4 Å². The summed E-state index contributed by atoms with van der Waals surface area (Å²) in [7, 11) is 3.96. The third-order valence-corrected chi connectivity index (χ3v) is 4.88. The largest absolute Gasteiger partial charge is 0.342 e. The normalized spacial score (nSPS) is 17.9. The van der Waals surface area contributed by atoms with Crippen molar-refractivity contribution in [3.63, 3.8) is 0 Å². The maximum atomic E-state index is 12.5. The van der Waals surface area contributed by atoms with Crippen molar-refractivity contribution in [3.8, 4) is 0 Å². The summed E-state index contributed by atoms with van der Waals surface area (Å²) in [5.74, 6) is 1.69. The quantitative estimate of drug-likeness (QED) is 0.863. The van der Waals surface area contributed by atoms with Crippen LogP contribution in [0.2, 0.25) is 0 Å². The van der Waals surface area contributed by atoms with Crippen molar-refractivity contribution < 1.29 is 4.79 Å². The molecule has 1 amide bonds. The van der Waals surface area contributed by atoms with Crippen molar-refractivity contribution in [1.82, 2.24) is 24.2 Å². The molecule has 23 heavy (non-hydrogen) atoms. The molecule has 0 aromatic carbocycles. The highest BCUT2D eigenvalue weighted by Crippen LogP contribution is 2.27. The van der Waals surface area contributed by atoms with Crippen molar-refractivity contribution in [2.45, 2.75) is 39.0 Å². The van der Waals surface area contributed by atoms with Crippen LogP contribution in [0, 0.1) is 13.8 Å². The van der Waals surface area contributed by atoms with Crippen molar-refractivity contribution in [2.24, 2.45) is 14.1 Å². The van der Waals surface area contributed by atoms with Gasteiger partial charge in [0.05, 0.1) is 11.9 Å². The van der Waals surface area contributed by atoms with E-state index in [9.17, 15) is 4.79 Å². The zero-order valence-corrected chi connectivity index (χ0v) is 14.4. The molecule has 3 heterocycles. The van der Waals surface area contributed by atoms with Crippen LogP contribution in [0.1, 0.15) is 41.5 Å². The molecule has 3 rings (SSSR count). The highest BCUT2D eigenvalue weighted by molar-refractivity contribution is 5.76. The molecule has 0 spiro atoms. The molecule has 1 atom stereocenters. The van der Waals surface area contributed by atoms with Gasteiger partial charge in [-0.05, 0) is 32.3 Å². The number of aryl methyl sites for hydroxylation is 4. The summed E-state index contributed by atoms with van der Waals surface area (Å²) in [5.41, 5.74) is 3.34. The summed E-state index contributed by atoms with van der Waals surface area (Å²) in [4.78, 5) is 19.1. The highest BCUT2D eigenvalue weighted by Gasteiger charge is 2.29. The van der Waals surface area contributed by atoms with Crippen molar-refractivity contribution in [3.05, 3.63) is 35.2 Å². The SMILES string of the molecule is Cc1cn(C)c([C@H]2CCN(C(=O)CCc3cnn(C)c3C)C2)n1. The van der Waals surface area contributed by atoms with Gasteiger partial charge in [0.1, 0.15) is 5.82 Å². The van der Waals surface area contributed by atoms with Gasteiger partial charge in [-0.25, -0.2) is 4.98 Å². The molecule has 0 bridgehead atoms. The zero-order valence-electron chi connectivity index (χ0n) is 14.4. The second-order valence-corrected chi connectivity index (χ2v) is 6.56. The van der Waals surface area contributed by atoms with Crippen molar-refractivity contribution >= 4 is 5.91 Å². The fraction of sp³-hybridized carbons (Fsp3) is 0.588. The van der Waals surface area contributed by atoms with E-state index in [1.165, 1.54) is 0 Å². The van der Waals surface area contributed by atoms with Gasteiger partial charge in [0, 0.05) is 51.4 Å². The van der Waals surface area contributed by atoms with Gasteiger partial charge in [0.2, 0.25) is 5.91 Å². The summed E-state index contributed by atoms with van der Waals surface area (Å²) in [6, 6.07) is 0. The van der Waals surface area contributed by atoms with E-state index in [2.05, 4.69) is 14.6 Å². The molecule has 1 saturated heterocycles. The van der Waals surface area contributed by atoms with Gasteiger partial charge in [-0.3, -0.25) is 9.48 Å². The number of hydrogen-bond acceptors (Lipinski definition) is 3. The first-order chi connectivity index (χ1) is 11.0. The molecular weight excluding hydrogens is 290 g/mol. The molecule has 0 aliphatic carbocycles. The molecule has 6 heteroatoms. The first-order valence-corrected chi connectivity index (χ1v) is 8.21. The monoisotopic (exact) mass is 315 g/mol. The van der Waals surface area contributed by atoms with E-state index >= 15 is 0 Å². The van der Waals surface area contributed by atoms with Crippen LogP contribution in [0.25, 0.3) is 0 Å². The molecule has 0 unspecified atom stereocenters. The van der Waals surface area contributed by atoms with Crippen LogP contribution in [-0.2, 0) is 25.3 Å². The Labute approximate surface area is 137 Å². The minimum Gasteiger partial charge on any atom is -0.342 e. The average Bonchev–Trinajstić information content (AvgIpc) is 3.19. The van der Waals surface area contributed by atoms with Crippen LogP contribution in [0.5, 0.6) is 0 Å². The lowest BCUT2D eigenvalue weighted by molar-refractivity contribution is -0.130. The van der Waals surface area contributed by atoms with E-state index in [1.54, 1.807) is 0 Å². The number of nitrogens with zero attached hydrogens (tertiary/aromatic N) is 5. The van der Waals surface area contributed by atoms with Gasteiger partial charge in [0.25, 0.3) is 0 Å². The summed E-state index contributed by atoms with van der Waals surface area (Å²) in [5, 5.41) is 4.24. The summed E-state index contributed by atoms with van der Waals surface area (Å²) in [6.07, 6.45) is 6.24. The molecule has 1 aliphatic heterocycles.